The van der Waals surface area contributed by atoms with Crippen LogP contribution < -0.4 is 20.7 Å². The molecule has 3 N–H and O–H groups in total. The molecule has 1 aromatic carbocycles. The van der Waals surface area contributed by atoms with Gasteiger partial charge in [-0.3, -0.25) is 9.59 Å². The van der Waals surface area contributed by atoms with Gasteiger partial charge in [-0.1, -0.05) is 26.8 Å². The van der Waals surface area contributed by atoms with Crippen molar-refractivity contribution >= 4 is 33.8 Å². The Bertz CT molecular complexity index is 816. The Hall–Kier alpha value is -2.29. The van der Waals surface area contributed by atoms with Gasteiger partial charge in [-0.25, -0.2) is 4.79 Å². The summed E-state index contributed by atoms with van der Waals surface area (Å²) in [5.74, 6) is 0.560. The van der Waals surface area contributed by atoms with E-state index in [0.29, 0.717) is 39.0 Å². The molecule has 0 saturated heterocycles. The molecule has 1 rings (SSSR count). The summed E-state index contributed by atoms with van der Waals surface area (Å²) in [7, 11) is 0. The van der Waals surface area contributed by atoms with Crippen molar-refractivity contribution in [3.05, 3.63) is 28.2 Å². The highest BCUT2D eigenvalue weighted by Gasteiger charge is 2.16. The lowest BCUT2D eigenvalue weighted by Gasteiger charge is -2.20. The Labute approximate surface area is 212 Å². The Kier molecular flexibility index (Phi) is 12.4. The van der Waals surface area contributed by atoms with Gasteiger partial charge in [0.15, 0.2) is 0 Å². The van der Waals surface area contributed by atoms with E-state index >= 15 is 0 Å². The third-order valence-corrected chi connectivity index (χ3v) is 5.24. The zero-order valence-electron chi connectivity index (χ0n) is 21.3. The lowest BCUT2D eigenvalue weighted by molar-refractivity contribution is -0.121. The van der Waals surface area contributed by atoms with Gasteiger partial charge in [0.2, 0.25) is 11.8 Å². The van der Waals surface area contributed by atoms with Gasteiger partial charge in [-0.05, 0) is 72.7 Å². The normalized spacial score (nSPS) is 11.5. The largest absolute Gasteiger partial charge is 0.492 e. The molecule has 0 aromatic heterocycles. The second-order valence-corrected chi connectivity index (χ2v) is 10.9. The predicted molar refractivity (Wildman–Crippen MR) is 137 cm³/mol. The molecule has 0 aliphatic rings. The number of amides is 3. The van der Waals surface area contributed by atoms with Gasteiger partial charge in [0.25, 0.3) is 0 Å². The smallest absolute Gasteiger partial charge is 0.407 e. The van der Waals surface area contributed by atoms with E-state index < -0.39 is 11.7 Å². The molecule has 0 aliphatic heterocycles. The fourth-order valence-corrected chi connectivity index (χ4v) is 3.31. The number of hydrogen-bond donors (Lipinski definition) is 3. The van der Waals surface area contributed by atoms with Crippen molar-refractivity contribution in [1.82, 2.24) is 16.0 Å². The molecule has 0 heterocycles. The lowest BCUT2D eigenvalue weighted by Crippen LogP contribution is -2.35. The minimum Gasteiger partial charge on any atom is -0.492 e. The minimum atomic E-state index is -0.570. The van der Waals surface area contributed by atoms with E-state index in [9.17, 15) is 14.4 Å². The summed E-state index contributed by atoms with van der Waals surface area (Å²) in [4.78, 5) is 35.3. The molecule has 3 amide bonds. The minimum absolute atomic E-state index is 0.0429. The molecule has 0 unspecified atom stereocenters. The molecule has 0 bridgehead atoms. The van der Waals surface area contributed by atoms with Crippen LogP contribution in [0.5, 0.6) is 5.75 Å². The van der Waals surface area contributed by atoms with Gasteiger partial charge in [-0.2, -0.15) is 0 Å². The SMILES string of the molecule is CC(C)(C)OC(=O)NCCC(=O)NCCCNC(=O)CCCOc1ccc(C(C)(C)C)cc1Br. The molecule has 0 spiro atoms. The zero-order chi connectivity index (χ0) is 25.8. The van der Waals surface area contributed by atoms with Crippen LogP contribution in [-0.2, 0) is 19.7 Å². The maximum Gasteiger partial charge on any atom is 0.407 e. The molecular formula is C25H40BrN3O5. The first kappa shape index (κ1) is 29.7. The maximum atomic E-state index is 12.0. The van der Waals surface area contributed by atoms with Gasteiger partial charge >= 0.3 is 6.09 Å². The third kappa shape index (κ3) is 13.4. The molecule has 0 aliphatic carbocycles. The van der Waals surface area contributed by atoms with Crippen molar-refractivity contribution < 1.29 is 23.9 Å². The summed E-state index contributed by atoms with van der Waals surface area (Å²) in [5.41, 5.74) is 0.722. The van der Waals surface area contributed by atoms with Gasteiger partial charge < -0.3 is 25.4 Å². The Morgan fingerprint density at radius 1 is 0.853 bits per heavy atom. The van der Waals surface area contributed by atoms with E-state index in [0.717, 1.165) is 10.2 Å². The van der Waals surface area contributed by atoms with Crippen LogP contribution in [0.25, 0.3) is 0 Å². The predicted octanol–water partition coefficient (Wildman–Crippen LogP) is 4.44. The van der Waals surface area contributed by atoms with Gasteiger partial charge in [0.05, 0.1) is 11.1 Å². The monoisotopic (exact) mass is 541 g/mol. The zero-order valence-corrected chi connectivity index (χ0v) is 22.9. The number of nitrogens with one attached hydrogen (secondary N) is 3. The number of benzene rings is 1. The molecule has 9 heteroatoms. The topological polar surface area (TPSA) is 106 Å². The number of halogens is 1. The lowest BCUT2D eigenvalue weighted by atomic mass is 9.87. The molecule has 0 atom stereocenters. The molecule has 192 valence electrons. The Balaban J connectivity index is 2.09. The quantitative estimate of drug-likeness (QED) is 0.339. The van der Waals surface area contributed by atoms with Crippen LogP contribution in [0.15, 0.2) is 22.7 Å². The van der Waals surface area contributed by atoms with E-state index in [1.165, 1.54) is 5.56 Å². The van der Waals surface area contributed by atoms with Crippen molar-refractivity contribution in [2.75, 3.05) is 26.2 Å². The van der Waals surface area contributed by atoms with Crippen molar-refractivity contribution in [2.45, 2.75) is 78.2 Å². The van der Waals surface area contributed by atoms with E-state index in [-0.39, 0.29) is 30.2 Å². The van der Waals surface area contributed by atoms with Crippen LogP contribution in [0.4, 0.5) is 4.79 Å². The third-order valence-electron chi connectivity index (χ3n) is 4.62. The number of carbonyl (C=O) groups excluding carboxylic acids is 3. The highest BCUT2D eigenvalue weighted by molar-refractivity contribution is 9.10. The molecule has 0 radical (unpaired) electrons. The second kappa shape index (κ2) is 14.2. The van der Waals surface area contributed by atoms with Crippen molar-refractivity contribution in [3.8, 4) is 5.75 Å². The van der Waals surface area contributed by atoms with Gasteiger partial charge in [0.1, 0.15) is 11.4 Å². The van der Waals surface area contributed by atoms with Crippen molar-refractivity contribution in [1.29, 1.82) is 0 Å². The van der Waals surface area contributed by atoms with Crippen LogP contribution in [0.2, 0.25) is 0 Å². The van der Waals surface area contributed by atoms with Crippen LogP contribution in [0.1, 0.15) is 72.8 Å². The first-order valence-corrected chi connectivity index (χ1v) is 12.5. The van der Waals surface area contributed by atoms with Crippen molar-refractivity contribution in [3.63, 3.8) is 0 Å². The fraction of sp³-hybridized carbons (Fsp3) is 0.640. The second-order valence-electron chi connectivity index (χ2n) is 10.1. The van der Waals surface area contributed by atoms with E-state index in [1.54, 1.807) is 20.8 Å². The molecule has 8 nitrogen and oxygen atoms in total. The average Bonchev–Trinajstić information content (AvgIpc) is 2.69. The van der Waals surface area contributed by atoms with E-state index in [2.05, 4.69) is 64.8 Å². The van der Waals surface area contributed by atoms with E-state index in [4.69, 9.17) is 9.47 Å². The van der Waals surface area contributed by atoms with E-state index in [1.807, 2.05) is 6.07 Å². The van der Waals surface area contributed by atoms with Crippen LogP contribution in [0, 0.1) is 0 Å². The number of rotatable bonds is 12. The summed E-state index contributed by atoms with van der Waals surface area (Å²) >= 11 is 3.55. The number of alkyl carbamates (subject to hydrolysis) is 1. The fourth-order valence-electron chi connectivity index (χ4n) is 2.81. The average molecular weight is 543 g/mol. The van der Waals surface area contributed by atoms with Crippen molar-refractivity contribution in [2.24, 2.45) is 0 Å². The highest BCUT2D eigenvalue weighted by Crippen LogP contribution is 2.31. The number of hydrogen-bond acceptors (Lipinski definition) is 5. The Morgan fingerprint density at radius 2 is 1.47 bits per heavy atom. The standard InChI is InChI=1S/C25H40BrN3O5/c1-24(2,3)18-10-11-20(19(26)17-18)33-16-7-9-21(30)27-13-8-14-28-22(31)12-15-29-23(32)34-25(4,5)6/h10-11,17H,7-9,12-16H2,1-6H3,(H,27,30)(H,28,31)(H,29,32). The molecule has 34 heavy (non-hydrogen) atoms. The number of carbonyl (C=O) groups is 3. The van der Waals surface area contributed by atoms with Crippen LogP contribution in [-0.4, -0.2) is 49.7 Å². The number of ether oxygens (including phenoxy) is 2. The van der Waals surface area contributed by atoms with Gasteiger partial charge in [-0.15, -0.1) is 0 Å². The van der Waals surface area contributed by atoms with Crippen LogP contribution >= 0.6 is 15.9 Å². The summed E-state index contributed by atoms with van der Waals surface area (Å²) < 4.78 is 11.8. The van der Waals surface area contributed by atoms with Gasteiger partial charge in [0, 0.05) is 32.5 Å². The summed E-state index contributed by atoms with van der Waals surface area (Å²) in [6, 6.07) is 6.08. The molecule has 0 saturated carbocycles. The molecular weight excluding hydrogens is 502 g/mol. The summed E-state index contributed by atoms with van der Waals surface area (Å²) in [6.45, 7) is 13.4. The summed E-state index contributed by atoms with van der Waals surface area (Å²) in [5, 5.41) is 8.14. The molecule has 1 aromatic rings. The first-order chi connectivity index (χ1) is 15.8. The maximum absolute atomic E-state index is 12.0. The Morgan fingerprint density at radius 3 is 2.03 bits per heavy atom. The first-order valence-electron chi connectivity index (χ1n) is 11.7. The van der Waals surface area contributed by atoms with Crippen LogP contribution in [0.3, 0.4) is 0 Å². The summed E-state index contributed by atoms with van der Waals surface area (Å²) in [6.07, 6.45) is 1.24. The molecule has 0 fully saturated rings. The highest BCUT2D eigenvalue weighted by atomic mass is 79.9.